The second-order valence-electron chi connectivity index (χ2n) is 11.4. The van der Waals surface area contributed by atoms with Gasteiger partial charge in [-0.15, -0.1) is 0 Å². The molecule has 2 aliphatic rings. The summed E-state index contributed by atoms with van der Waals surface area (Å²) in [6.45, 7) is 12.1. The van der Waals surface area contributed by atoms with Gasteiger partial charge in [-0.05, 0) is 79.1 Å². The number of hydrogen-bond acceptors (Lipinski definition) is 6. The van der Waals surface area contributed by atoms with E-state index < -0.39 is 17.8 Å². The lowest BCUT2D eigenvalue weighted by Gasteiger charge is -2.36. The van der Waals surface area contributed by atoms with Crippen LogP contribution < -0.4 is 27.0 Å². The molecule has 222 valence electrons. The van der Waals surface area contributed by atoms with Crippen LogP contribution >= 0.6 is 0 Å². The molecule has 0 bridgehead atoms. The summed E-state index contributed by atoms with van der Waals surface area (Å²) in [6, 6.07) is 16.0. The van der Waals surface area contributed by atoms with E-state index in [9.17, 15) is 8.78 Å². The molecule has 3 aromatic rings. The van der Waals surface area contributed by atoms with Crippen LogP contribution in [0, 0.1) is 11.6 Å². The molecule has 1 aliphatic carbocycles. The summed E-state index contributed by atoms with van der Waals surface area (Å²) < 4.78 is 27.5. The third kappa shape index (κ3) is 7.23. The van der Waals surface area contributed by atoms with Crippen LogP contribution in [0.5, 0.6) is 0 Å². The molecule has 1 saturated heterocycles. The van der Waals surface area contributed by atoms with E-state index in [4.69, 9.17) is 11.5 Å². The Morgan fingerprint density at radius 2 is 1.64 bits per heavy atom. The van der Waals surface area contributed by atoms with E-state index in [0.717, 1.165) is 61.9 Å². The largest absolute Gasteiger partial charge is 0.398 e. The minimum absolute atomic E-state index is 0.355. The summed E-state index contributed by atoms with van der Waals surface area (Å²) >= 11 is 0. The van der Waals surface area contributed by atoms with Crippen LogP contribution in [0.15, 0.2) is 74.0 Å². The molecule has 42 heavy (non-hydrogen) atoms. The molecule has 1 heterocycles. The van der Waals surface area contributed by atoms with Crippen LogP contribution in [0.2, 0.25) is 0 Å². The molecule has 5 rings (SSSR count). The third-order valence-corrected chi connectivity index (χ3v) is 8.38. The number of hydrogen-bond donors (Lipinski definition) is 4. The molecule has 0 radical (unpaired) electrons. The third-order valence-electron chi connectivity index (χ3n) is 8.38. The molecule has 0 spiro atoms. The molecular formula is C34H42F2N6. The first-order chi connectivity index (χ1) is 20.3. The predicted molar refractivity (Wildman–Crippen MR) is 170 cm³/mol. The first-order valence-corrected chi connectivity index (χ1v) is 14.9. The number of halogens is 2. The summed E-state index contributed by atoms with van der Waals surface area (Å²) in [4.78, 5) is 4.66. The molecule has 1 saturated carbocycles. The summed E-state index contributed by atoms with van der Waals surface area (Å²) in [5.41, 5.74) is 19.5. The maximum Gasteiger partial charge on any atom is 0.126 e. The van der Waals surface area contributed by atoms with Crippen LogP contribution in [0.4, 0.5) is 25.8 Å². The van der Waals surface area contributed by atoms with Crippen molar-refractivity contribution >= 4 is 22.8 Å². The second-order valence-corrected chi connectivity index (χ2v) is 11.4. The molecule has 1 aliphatic heterocycles. The molecule has 1 unspecified atom stereocenters. The number of nitrogen functional groups attached to an aromatic ring is 1. The molecule has 6 N–H and O–H groups in total. The Morgan fingerprint density at radius 1 is 0.929 bits per heavy atom. The van der Waals surface area contributed by atoms with Crippen LogP contribution in [-0.4, -0.2) is 37.1 Å². The van der Waals surface area contributed by atoms with Gasteiger partial charge in [0, 0.05) is 72.2 Å². The fraction of sp³-hybridized carbons (Fsp3) is 0.353. The van der Waals surface area contributed by atoms with Gasteiger partial charge in [-0.2, -0.15) is 0 Å². The lowest BCUT2D eigenvalue weighted by molar-refractivity contribution is 0.350. The monoisotopic (exact) mass is 572 g/mol. The minimum atomic E-state index is -0.629. The highest BCUT2D eigenvalue weighted by Crippen LogP contribution is 2.32. The number of nitrogens with zero attached hydrogens (tertiary/aromatic N) is 2. The van der Waals surface area contributed by atoms with Crippen molar-refractivity contribution < 1.29 is 8.78 Å². The smallest absolute Gasteiger partial charge is 0.126 e. The van der Waals surface area contributed by atoms with Crippen molar-refractivity contribution in [3.05, 3.63) is 108 Å². The van der Waals surface area contributed by atoms with E-state index in [2.05, 4.69) is 51.8 Å². The first kappa shape index (κ1) is 29.5. The number of rotatable bonds is 10. The molecule has 0 aromatic heterocycles. The Labute approximate surface area is 248 Å². The standard InChI is InChI=1S/C34H42F2N6/c1-3-41-13-15-42(16-14-41)29-10-11-30(33(22-29)40-28-7-5-4-6-8-28)23(2)39-34(38)31-20-24(9-12-32(31)37)17-25-18-26(35)21-27(36)19-25/h3,9-12,18-22,28,34,39-40H,1-2,4-8,13-17,37-38H2. The Bertz CT molecular complexity index is 1390. The zero-order valence-corrected chi connectivity index (χ0v) is 24.2. The van der Waals surface area contributed by atoms with Crippen molar-refractivity contribution in [2.75, 3.05) is 42.1 Å². The second kappa shape index (κ2) is 13.3. The average molecular weight is 573 g/mol. The van der Waals surface area contributed by atoms with Gasteiger partial charge in [-0.1, -0.05) is 38.5 Å². The number of benzene rings is 3. The number of anilines is 3. The van der Waals surface area contributed by atoms with Crippen molar-refractivity contribution in [3.8, 4) is 0 Å². The molecule has 1 atom stereocenters. The highest BCUT2D eigenvalue weighted by atomic mass is 19.1. The Kier molecular flexibility index (Phi) is 9.32. The summed E-state index contributed by atoms with van der Waals surface area (Å²) in [5, 5.41) is 7.18. The Hall–Kier alpha value is -4.04. The first-order valence-electron chi connectivity index (χ1n) is 14.9. The van der Waals surface area contributed by atoms with E-state index in [1.165, 1.54) is 37.1 Å². The number of nitrogens with one attached hydrogen (secondary N) is 2. The molecule has 3 aromatic carbocycles. The van der Waals surface area contributed by atoms with Gasteiger partial charge in [0.05, 0.1) is 0 Å². The summed E-state index contributed by atoms with van der Waals surface area (Å²) in [6.07, 6.45) is 7.70. The Morgan fingerprint density at radius 3 is 2.33 bits per heavy atom. The van der Waals surface area contributed by atoms with E-state index in [1.54, 1.807) is 6.07 Å². The van der Waals surface area contributed by atoms with Crippen molar-refractivity contribution in [1.29, 1.82) is 0 Å². The fourth-order valence-electron chi connectivity index (χ4n) is 6.04. The quantitative estimate of drug-likeness (QED) is 0.167. The van der Waals surface area contributed by atoms with Gasteiger partial charge < -0.3 is 31.9 Å². The van der Waals surface area contributed by atoms with Gasteiger partial charge in [0.2, 0.25) is 0 Å². The lowest BCUT2D eigenvalue weighted by Crippen LogP contribution is -2.44. The van der Waals surface area contributed by atoms with Gasteiger partial charge in [-0.3, -0.25) is 0 Å². The van der Waals surface area contributed by atoms with E-state index in [-0.39, 0.29) is 0 Å². The van der Waals surface area contributed by atoms with Gasteiger partial charge in [0.15, 0.2) is 0 Å². The molecule has 6 nitrogen and oxygen atoms in total. The predicted octanol–water partition coefficient (Wildman–Crippen LogP) is 6.37. The SMILES string of the molecule is C=CN1CCN(c2ccc(C(=C)NC(N)c3cc(Cc4cc(F)cc(F)c4)ccc3N)c(NC3CCCCC3)c2)CC1. The maximum atomic E-state index is 13.7. The highest BCUT2D eigenvalue weighted by Gasteiger charge is 2.21. The van der Waals surface area contributed by atoms with E-state index in [0.29, 0.717) is 35.0 Å². The van der Waals surface area contributed by atoms with Crippen molar-refractivity contribution in [3.63, 3.8) is 0 Å². The molecule has 2 fully saturated rings. The highest BCUT2D eigenvalue weighted by molar-refractivity contribution is 5.78. The van der Waals surface area contributed by atoms with E-state index >= 15 is 0 Å². The summed E-state index contributed by atoms with van der Waals surface area (Å²) in [5.74, 6) is -1.20. The van der Waals surface area contributed by atoms with Crippen molar-refractivity contribution in [1.82, 2.24) is 10.2 Å². The maximum absolute atomic E-state index is 13.7. The van der Waals surface area contributed by atoms with Gasteiger partial charge in [0.25, 0.3) is 0 Å². The van der Waals surface area contributed by atoms with Crippen LogP contribution in [0.3, 0.4) is 0 Å². The minimum Gasteiger partial charge on any atom is -0.398 e. The van der Waals surface area contributed by atoms with Crippen LogP contribution in [0.1, 0.15) is 60.5 Å². The van der Waals surface area contributed by atoms with Crippen LogP contribution in [-0.2, 0) is 6.42 Å². The van der Waals surface area contributed by atoms with E-state index in [1.807, 2.05) is 18.3 Å². The zero-order valence-electron chi connectivity index (χ0n) is 24.2. The Balaban J connectivity index is 1.35. The molecule has 8 heteroatoms. The van der Waals surface area contributed by atoms with Gasteiger partial charge in [-0.25, -0.2) is 8.78 Å². The van der Waals surface area contributed by atoms with Crippen molar-refractivity contribution in [2.45, 2.75) is 50.7 Å². The topological polar surface area (TPSA) is 82.6 Å². The normalized spacial score (nSPS) is 16.6. The van der Waals surface area contributed by atoms with Crippen molar-refractivity contribution in [2.24, 2.45) is 5.73 Å². The fourth-order valence-corrected chi connectivity index (χ4v) is 6.04. The lowest BCUT2D eigenvalue weighted by atomic mass is 9.94. The summed E-state index contributed by atoms with van der Waals surface area (Å²) in [7, 11) is 0. The molecular weight excluding hydrogens is 530 g/mol. The van der Waals surface area contributed by atoms with Crippen LogP contribution in [0.25, 0.3) is 5.70 Å². The zero-order chi connectivity index (χ0) is 29.6. The van der Waals surface area contributed by atoms with Gasteiger partial charge >= 0.3 is 0 Å². The van der Waals surface area contributed by atoms with Gasteiger partial charge in [0.1, 0.15) is 17.8 Å². The average Bonchev–Trinajstić information content (AvgIpc) is 2.98. The number of piperazine rings is 1. The molecule has 0 amide bonds. The number of nitrogens with two attached hydrogens (primary N) is 2.